The van der Waals surface area contributed by atoms with E-state index in [2.05, 4.69) is 26.6 Å². The molecule has 0 spiro atoms. The van der Waals surface area contributed by atoms with Gasteiger partial charge in [0.1, 0.15) is 6.04 Å². The fourth-order valence-electron chi connectivity index (χ4n) is 1.80. The van der Waals surface area contributed by atoms with E-state index in [0.29, 0.717) is 12.0 Å². The number of hydrogen-bond donors (Lipinski definition) is 3. The maximum absolute atomic E-state index is 11.9. The van der Waals surface area contributed by atoms with Gasteiger partial charge in [0.05, 0.1) is 6.54 Å². The lowest BCUT2D eigenvalue weighted by molar-refractivity contribution is -0.143. The zero-order valence-corrected chi connectivity index (χ0v) is 14.0. The van der Waals surface area contributed by atoms with Crippen molar-refractivity contribution in [3.63, 3.8) is 0 Å². The van der Waals surface area contributed by atoms with Gasteiger partial charge in [-0.2, -0.15) is 0 Å². The zero-order chi connectivity index (χ0) is 16.7. The SMILES string of the molecule is CCC(C)C(NC(=O)CNC(=O)c1cccc(Br)c1)C(=O)O. The predicted octanol–water partition coefficient (Wildman–Crippen LogP) is 1.79. The van der Waals surface area contributed by atoms with E-state index < -0.39 is 23.8 Å². The highest BCUT2D eigenvalue weighted by Gasteiger charge is 2.25. The molecule has 0 aliphatic heterocycles. The van der Waals surface area contributed by atoms with Gasteiger partial charge in [0.25, 0.3) is 5.91 Å². The van der Waals surface area contributed by atoms with Gasteiger partial charge in [-0.3, -0.25) is 9.59 Å². The van der Waals surface area contributed by atoms with Crippen molar-refractivity contribution < 1.29 is 19.5 Å². The van der Waals surface area contributed by atoms with Crippen molar-refractivity contribution in [2.45, 2.75) is 26.3 Å². The van der Waals surface area contributed by atoms with Crippen molar-refractivity contribution in [3.8, 4) is 0 Å². The molecule has 120 valence electrons. The zero-order valence-electron chi connectivity index (χ0n) is 12.4. The predicted molar refractivity (Wildman–Crippen MR) is 85.5 cm³/mol. The number of amides is 2. The van der Waals surface area contributed by atoms with Gasteiger partial charge in [0.2, 0.25) is 5.91 Å². The molecule has 0 aliphatic rings. The summed E-state index contributed by atoms with van der Waals surface area (Å²) in [7, 11) is 0. The van der Waals surface area contributed by atoms with Crippen LogP contribution in [0.5, 0.6) is 0 Å². The van der Waals surface area contributed by atoms with Gasteiger partial charge in [-0.05, 0) is 24.1 Å². The lowest BCUT2D eigenvalue weighted by atomic mass is 9.99. The normalized spacial score (nSPS) is 13.0. The number of halogens is 1. The molecule has 0 saturated heterocycles. The average molecular weight is 371 g/mol. The van der Waals surface area contributed by atoms with Crippen LogP contribution in [0.3, 0.4) is 0 Å². The molecule has 22 heavy (non-hydrogen) atoms. The fourth-order valence-corrected chi connectivity index (χ4v) is 2.20. The molecule has 0 heterocycles. The highest BCUT2D eigenvalue weighted by Crippen LogP contribution is 2.11. The van der Waals surface area contributed by atoms with E-state index in [1.807, 2.05) is 6.92 Å². The molecule has 0 bridgehead atoms. The molecule has 3 N–H and O–H groups in total. The Labute approximate surface area is 137 Å². The summed E-state index contributed by atoms with van der Waals surface area (Å²) in [4.78, 5) is 34.8. The van der Waals surface area contributed by atoms with E-state index in [9.17, 15) is 14.4 Å². The lowest BCUT2D eigenvalue weighted by Crippen LogP contribution is -2.48. The number of hydrogen-bond acceptors (Lipinski definition) is 3. The fraction of sp³-hybridized carbons (Fsp3) is 0.400. The Morgan fingerprint density at radius 3 is 2.55 bits per heavy atom. The van der Waals surface area contributed by atoms with Gasteiger partial charge < -0.3 is 15.7 Å². The van der Waals surface area contributed by atoms with E-state index in [1.54, 1.807) is 31.2 Å². The third kappa shape index (κ3) is 5.48. The van der Waals surface area contributed by atoms with E-state index in [4.69, 9.17) is 5.11 Å². The summed E-state index contributed by atoms with van der Waals surface area (Å²) < 4.78 is 0.757. The number of carbonyl (C=O) groups excluding carboxylic acids is 2. The van der Waals surface area contributed by atoms with Crippen LogP contribution in [-0.4, -0.2) is 35.5 Å². The Balaban J connectivity index is 2.55. The Hall–Kier alpha value is -1.89. The smallest absolute Gasteiger partial charge is 0.326 e. The standard InChI is InChI=1S/C15H19BrN2O4/c1-3-9(2)13(15(21)22)18-12(19)8-17-14(20)10-5-4-6-11(16)7-10/h4-7,9,13H,3,8H2,1-2H3,(H,17,20)(H,18,19)(H,21,22). The van der Waals surface area contributed by atoms with Crippen LogP contribution in [0.4, 0.5) is 0 Å². The molecule has 1 rings (SSSR count). The molecule has 1 aromatic rings. The van der Waals surface area contributed by atoms with Crippen molar-refractivity contribution in [2.75, 3.05) is 6.54 Å². The molecule has 2 unspecified atom stereocenters. The van der Waals surface area contributed by atoms with Gasteiger partial charge in [-0.15, -0.1) is 0 Å². The van der Waals surface area contributed by atoms with E-state index in [1.165, 1.54) is 0 Å². The van der Waals surface area contributed by atoms with Gasteiger partial charge in [0.15, 0.2) is 0 Å². The minimum absolute atomic E-state index is 0.192. The number of carbonyl (C=O) groups is 3. The van der Waals surface area contributed by atoms with Crippen LogP contribution < -0.4 is 10.6 Å². The minimum atomic E-state index is -1.08. The summed E-state index contributed by atoms with van der Waals surface area (Å²) >= 11 is 3.26. The first-order valence-corrected chi connectivity index (χ1v) is 7.70. The van der Waals surface area contributed by atoms with Crippen LogP contribution in [0.1, 0.15) is 30.6 Å². The van der Waals surface area contributed by atoms with E-state index in [-0.39, 0.29) is 12.5 Å². The first-order valence-electron chi connectivity index (χ1n) is 6.91. The molecule has 0 saturated carbocycles. The van der Waals surface area contributed by atoms with Gasteiger partial charge in [-0.1, -0.05) is 42.3 Å². The van der Waals surface area contributed by atoms with Crippen LogP contribution in [0.2, 0.25) is 0 Å². The van der Waals surface area contributed by atoms with Crippen LogP contribution in [0, 0.1) is 5.92 Å². The molecule has 0 aliphatic carbocycles. The van der Waals surface area contributed by atoms with Crippen LogP contribution in [-0.2, 0) is 9.59 Å². The second kappa shape index (κ2) is 8.53. The largest absolute Gasteiger partial charge is 0.480 e. The summed E-state index contributed by atoms with van der Waals surface area (Å²) in [6.07, 6.45) is 0.627. The highest BCUT2D eigenvalue weighted by molar-refractivity contribution is 9.10. The maximum atomic E-state index is 11.9. The van der Waals surface area contributed by atoms with E-state index in [0.717, 1.165) is 4.47 Å². The minimum Gasteiger partial charge on any atom is -0.480 e. The van der Waals surface area contributed by atoms with Gasteiger partial charge >= 0.3 is 5.97 Å². The number of aliphatic carboxylic acids is 1. The Bertz CT molecular complexity index is 562. The molecule has 0 fully saturated rings. The first-order chi connectivity index (χ1) is 10.3. The average Bonchev–Trinajstić information content (AvgIpc) is 2.49. The summed E-state index contributed by atoms with van der Waals surface area (Å²) in [6.45, 7) is 3.33. The lowest BCUT2D eigenvalue weighted by Gasteiger charge is -2.20. The van der Waals surface area contributed by atoms with Crippen molar-refractivity contribution in [1.29, 1.82) is 0 Å². The van der Waals surface area contributed by atoms with Crippen LogP contribution >= 0.6 is 15.9 Å². The van der Waals surface area contributed by atoms with Crippen molar-refractivity contribution in [3.05, 3.63) is 34.3 Å². The first kappa shape index (κ1) is 18.2. The summed E-state index contributed by atoms with van der Waals surface area (Å²) in [6, 6.07) is 5.79. The third-order valence-electron chi connectivity index (χ3n) is 3.29. The number of carboxylic acid groups (broad SMARTS) is 1. The Kier molecular flexibility index (Phi) is 7.04. The summed E-state index contributed by atoms with van der Waals surface area (Å²) in [5, 5.41) is 14.0. The number of nitrogens with one attached hydrogen (secondary N) is 2. The monoisotopic (exact) mass is 370 g/mol. The van der Waals surface area contributed by atoms with Gasteiger partial charge in [0, 0.05) is 10.0 Å². The number of rotatable bonds is 7. The van der Waals surface area contributed by atoms with Gasteiger partial charge in [-0.25, -0.2) is 4.79 Å². The van der Waals surface area contributed by atoms with Crippen molar-refractivity contribution >= 4 is 33.7 Å². The molecule has 2 atom stereocenters. The third-order valence-corrected chi connectivity index (χ3v) is 3.79. The maximum Gasteiger partial charge on any atom is 0.326 e. The Morgan fingerprint density at radius 1 is 1.32 bits per heavy atom. The van der Waals surface area contributed by atoms with Crippen molar-refractivity contribution in [1.82, 2.24) is 10.6 Å². The topological polar surface area (TPSA) is 95.5 Å². The molecule has 0 aromatic heterocycles. The molecule has 7 heteroatoms. The molecular weight excluding hydrogens is 352 g/mol. The van der Waals surface area contributed by atoms with Crippen molar-refractivity contribution in [2.24, 2.45) is 5.92 Å². The quantitative estimate of drug-likeness (QED) is 0.681. The van der Waals surface area contributed by atoms with Crippen LogP contribution in [0.25, 0.3) is 0 Å². The van der Waals surface area contributed by atoms with E-state index >= 15 is 0 Å². The number of carboxylic acids is 1. The molecular formula is C15H19BrN2O4. The van der Waals surface area contributed by atoms with Crippen LogP contribution in [0.15, 0.2) is 28.7 Å². The molecule has 1 aromatic carbocycles. The summed E-state index contributed by atoms with van der Waals surface area (Å²) in [5.74, 6) is -2.20. The number of benzene rings is 1. The second-order valence-corrected chi connectivity index (χ2v) is 5.88. The highest BCUT2D eigenvalue weighted by atomic mass is 79.9. The molecule has 0 radical (unpaired) electrons. The Morgan fingerprint density at radius 2 is 2.00 bits per heavy atom. The molecule has 2 amide bonds. The summed E-state index contributed by atoms with van der Waals surface area (Å²) in [5.41, 5.74) is 0.416. The molecule has 6 nitrogen and oxygen atoms in total. The second-order valence-electron chi connectivity index (χ2n) is 4.96.